The molecule has 0 atom stereocenters. The number of hydrogen-bond donors (Lipinski definition) is 0. The Bertz CT molecular complexity index is 2410. The minimum atomic E-state index is 0.823. The van der Waals surface area contributed by atoms with Crippen molar-refractivity contribution in [2.24, 2.45) is 0 Å². The van der Waals surface area contributed by atoms with Gasteiger partial charge < -0.3 is 0 Å². The van der Waals surface area contributed by atoms with Gasteiger partial charge in [-0.3, -0.25) is 9.97 Å². The summed E-state index contributed by atoms with van der Waals surface area (Å²) in [6.07, 6.45) is 3.62. The second-order valence-corrected chi connectivity index (χ2v) is 11.2. The van der Waals surface area contributed by atoms with Gasteiger partial charge in [-0.05, 0) is 102 Å². The molecular formula is C41H25N3. The highest BCUT2D eigenvalue weighted by Crippen LogP contribution is 2.43. The van der Waals surface area contributed by atoms with Crippen molar-refractivity contribution in [1.29, 1.82) is 0 Å². The van der Waals surface area contributed by atoms with Gasteiger partial charge in [-0.1, -0.05) is 103 Å². The lowest BCUT2D eigenvalue weighted by atomic mass is 9.87. The molecule has 0 aliphatic heterocycles. The van der Waals surface area contributed by atoms with E-state index in [0.717, 1.165) is 33.9 Å². The highest BCUT2D eigenvalue weighted by atomic mass is 14.8. The minimum Gasteiger partial charge on any atom is -0.255 e. The standard InChI is InChI=1S/C41H25N3/c1-2-11-32-31(10-1)30(29-24-38(36-12-3-5-22-42-36)44-39(25-29)37-13-4-6-23-43-37)20-21-33(32)34-18-16-28-15-14-26-8-7-9-27-17-19-35(34)41(28)40(26)27/h1-25H. The summed E-state index contributed by atoms with van der Waals surface area (Å²) in [5.41, 5.74) is 8.02. The smallest absolute Gasteiger partial charge is 0.0900 e. The molecule has 0 saturated heterocycles. The van der Waals surface area contributed by atoms with Gasteiger partial charge in [-0.2, -0.15) is 0 Å². The zero-order valence-electron chi connectivity index (χ0n) is 23.8. The first kappa shape index (κ1) is 24.6. The van der Waals surface area contributed by atoms with Gasteiger partial charge in [0.15, 0.2) is 0 Å². The molecule has 9 aromatic rings. The van der Waals surface area contributed by atoms with Crippen LogP contribution in [-0.2, 0) is 0 Å². The van der Waals surface area contributed by atoms with E-state index in [-0.39, 0.29) is 0 Å². The number of aromatic nitrogens is 3. The molecule has 0 amide bonds. The summed E-state index contributed by atoms with van der Waals surface area (Å²) in [4.78, 5) is 14.2. The topological polar surface area (TPSA) is 38.7 Å². The Morgan fingerprint density at radius 3 is 1.52 bits per heavy atom. The van der Waals surface area contributed by atoms with Crippen LogP contribution in [0.25, 0.3) is 88.1 Å². The normalized spacial score (nSPS) is 11.6. The first-order valence-corrected chi connectivity index (χ1v) is 14.9. The van der Waals surface area contributed by atoms with E-state index < -0.39 is 0 Å². The zero-order chi connectivity index (χ0) is 29.0. The fourth-order valence-electron chi connectivity index (χ4n) is 6.73. The Hall–Kier alpha value is -5.93. The number of pyridine rings is 3. The lowest BCUT2D eigenvalue weighted by Gasteiger charge is -2.17. The van der Waals surface area contributed by atoms with Crippen molar-refractivity contribution in [3.8, 4) is 45.0 Å². The van der Waals surface area contributed by atoms with E-state index in [2.05, 4.69) is 113 Å². The molecule has 0 N–H and O–H groups in total. The van der Waals surface area contributed by atoms with Crippen LogP contribution in [0, 0.1) is 0 Å². The van der Waals surface area contributed by atoms with E-state index in [1.165, 1.54) is 54.2 Å². The molecule has 0 aliphatic carbocycles. The van der Waals surface area contributed by atoms with Crippen LogP contribution in [0.5, 0.6) is 0 Å². The van der Waals surface area contributed by atoms with Gasteiger partial charge in [0, 0.05) is 12.4 Å². The summed E-state index contributed by atoms with van der Waals surface area (Å²) >= 11 is 0. The molecule has 3 heteroatoms. The Morgan fingerprint density at radius 2 is 0.864 bits per heavy atom. The van der Waals surface area contributed by atoms with Gasteiger partial charge in [0.25, 0.3) is 0 Å². The van der Waals surface area contributed by atoms with Crippen LogP contribution in [0.4, 0.5) is 0 Å². The number of rotatable bonds is 4. The molecule has 3 nitrogen and oxygen atoms in total. The maximum absolute atomic E-state index is 4.99. The van der Waals surface area contributed by atoms with Gasteiger partial charge in [-0.15, -0.1) is 0 Å². The number of fused-ring (bicyclic) bond motifs is 1. The van der Waals surface area contributed by atoms with Crippen molar-refractivity contribution in [1.82, 2.24) is 15.0 Å². The number of hydrogen-bond acceptors (Lipinski definition) is 3. The van der Waals surface area contributed by atoms with Gasteiger partial charge >= 0.3 is 0 Å². The molecule has 0 saturated carbocycles. The van der Waals surface area contributed by atoms with Crippen molar-refractivity contribution < 1.29 is 0 Å². The largest absolute Gasteiger partial charge is 0.255 e. The molecule has 0 unspecified atom stereocenters. The molecule has 44 heavy (non-hydrogen) atoms. The maximum Gasteiger partial charge on any atom is 0.0900 e. The summed E-state index contributed by atoms with van der Waals surface area (Å²) in [5.74, 6) is 0. The second kappa shape index (κ2) is 9.82. The predicted octanol–water partition coefficient (Wildman–Crippen LogP) is 10.6. The summed E-state index contributed by atoms with van der Waals surface area (Å²) < 4.78 is 0. The van der Waals surface area contributed by atoms with Crippen molar-refractivity contribution in [3.05, 3.63) is 152 Å². The molecule has 0 fully saturated rings. The van der Waals surface area contributed by atoms with E-state index >= 15 is 0 Å². The SMILES string of the molecule is c1ccc(-c2cc(-c3ccc(-c4ccc5ccc6cccc7ccc4c5c67)c4ccccc34)cc(-c3ccccn3)n2)nc1. The van der Waals surface area contributed by atoms with Crippen LogP contribution < -0.4 is 0 Å². The summed E-state index contributed by atoms with van der Waals surface area (Å²) in [6, 6.07) is 49.6. The molecular weight excluding hydrogens is 534 g/mol. The van der Waals surface area contributed by atoms with E-state index in [1.54, 1.807) is 0 Å². The van der Waals surface area contributed by atoms with Crippen molar-refractivity contribution >= 4 is 43.1 Å². The van der Waals surface area contributed by atoms with Crippen LogP contribution in [-0.4, -0.2) is 15.0 Å². The third-order valence-corrected chi connectivity index (χ3v) is 8.73. The van der Waals surface area contributed by atoms with Gasteiger partial charge in [0.2, 0.25) is 0 Å². The van der Waals surface area contributed by atoms with Crippen LogP contribution in [0.3, 0.4) is 0 Å². The van der Waals surface area contributed by atoms with E-state index in [1.807, 2.05) is 48.8 Å². The lowest BCUT2D eigenvalue weighted by molar-refractivity contribution is 1.22. The Morgan fingerprint density at radius 1 is 0.341 bits per heavy atom. The van der Waals surface area contributed by atoms with Crippen LogP contribution >= 0.6 is 0 Å². The van der Waals surface area contributed by atoms with E-state index in [0.29, 0.717) is 0 Å². The average Bonchev–Trinajstić information content (AvgIpc) is 3.11. The number of nitrogens with zero attached hydrogens (tertiary/aromatic N) is 3. The van der Waals surface area contributed by atoms with Crippen molar-refractivity contribution in [2.75, 3.05) is 0 Å². The molecule has 0 bridgehead atoms. The van der Waals surface area contributed by atoms with Crippen LogP contribution in [0.1, 0.15) is 0 Å². The summed E-state index contributed by atoms with van der Waals surface area (Å²) in [5, 5.41) is 10.2. The maximum atomic E-state index is 4.99. The third-order valence-electron chi connectivity index (χ3n) is 8.73. The lowest BCUT2D eigenvalue weighted by Crippen LogP contribution is -1.94. The Kier molecular flexibility index (Phi) is 5.50. The zero-order valence-corrected chi connectivity index (χ0v) is 23.8. The second-order valence-electron chi connectivity index (χ2n) is 11.2. The molecule has 3 aromatic heterocycles. The van der Waals surface area contributed by atoms with Crippen LogP contribution in [0.15, 0.2) is 152 Å². The van der Waals surface area contributed by atoms with Crippen LogP contribution in [0.2, 0.25) is 0 Å². The number of benzene rings is 6. The van der Waals surface area contributed by atoms with Gasteiger partial charge in [0.1, 0.15) is 0 Å². The summed E-state index contributed by atoms with van der Waals surface area (Å²) in [7, 11) is 0. The van der Waals surface area contributed by atoms with Gasteiger partial charge in [-0.25, -0.2) is 4.98 Å². The quantitative estimate of drug-likeness (QED) is 0.201. The fourth-order valence-corrected chi connectivity index (χ4v) is 6.73. The average molecular weight is 560 g/mol. The molecule has 6 aromatic carbocycles. The van der Waals surface area contributed by atoms with Crippen molar-refractivity contribution in [2.45, 2.75) is 0 Å². The third kappa shape index (κ3) is 3.87. The molecule has 3 heterocycles. The first-order valence-electron chi connectivity index (χ1n) is 14.9. The molecule has 0 spiro atoms. The molecule has 204 valence electrons. The van der Waals surface area contributed by atoms with E-state index in [9.17, 15) is 0 Å². The Labute approximate surface area is 254 Å². The van der Waals surface area contributed by atoms with E-state index in [4.69, 9.17) is 4.98 Å². The van der Waals surface area contributed by atoms with Gasteiger partial charge in [0.05, 0.1) is 22.8 Å². The monoisotopic (exact) mass is 559 g/mol. The predicted molar refractivity (Wildman–Crippen MR) is 183 cm³/mol. The molecule has 0 radical (unpaired) electrons. The molecule has 0 aliphatic rings. The molecule has 9 rings (SSSR count). The Balaban J connectivity index is 1.29. The highest BCUT2D eigenvalue weighted by Gasteiger charge is 2.17. The summed E-state index contributed by atoms with van der Waals surface area (Å²) in [6.45, 7) is 0. The highest BCUT2D eigenvalue weighted by molar-refractivity contribution is 6.26. The van der Waals surface area contributed by atoms with Crippen molar-refractivity contribution in [3.63, 3.8) is 0 Å². The fraction of sp³-hybridized carbons (Fsp3) is 0. The first-order chi connectivity index (χ1) is 21.8. The minimum absolute atomic E-state index is 0.823.